The standard InChI is InChI=1S/C53H85NO7/c1-6-8-10-12-14-16-18-20-22-24-25-26-27-28-30-31-33-35-37-39-41-43-51(55)60-48-49(47-59-46-45-50(53(57)58)54(3,4)5)61-52(56)44-42-40-38-36-34-32-29-23-21-19-17-15-13-11-9-7-2/h9,11,14-17,20-23,25-26,28,30,32-35,49-50H,6-8,10,12-13,18-19,24,27,29,31,36-48H2,1-5H3/b11-9+,16-14+,17-15+,22-20+,23-21+,26-25+,30-28+,34-32+,35-33+. The predicted octanol–water partition coefficient (Wildman–Crippen LogP) is 11.9. The molecule has 0 aromatic carbocycles. The summed E-state index contributed by atoms with van der Waals surface area (Å²) in [5.41, 5.74) is 0. The lowest BCUT2D eigenvalue weighted by Crippen LogP contribution is -2.55. The molecule has 8 heteroatoms. The molecule has 0 radical (unpaired) electrons. The number of carboxylic acid groups (broad SMARTS) is 1. The number of hydrogen-bond acceptors (Lipinski definition) is 7. The highest BCUT2D eigenvalue weighted by molar-refractivity contribution is 5.70. The van der Waals surface area contributed by atoms with E-state index in [1.54, 1.807) is 21.1 Å². The van der Waals surface area contributed by atoms with Gasteiger partial charge in [0.05, 0.1) is 40.3 Å². The number of ether oxygens (including phenoxy) is 3. The third-order valence-electron chi connectivity index (χ3n) is 9.64. The number of esters is 2. The minimum absolute atomic E-state index is 0.00595. The molecular weight excluding hydrogens is 763 g/mol. The van der Waals surface area contributed by atoms with Gasteiger partial charge in [-0.25, -0.2) is 0 Å². The van der Waals surface area contributed by atoms with Crippen molar-refractivity contribution in [3.05, 3.63) is 109 Å². The van der Waals surface area contributed by atoms with Crippen molar-refractivity contribution in [2.75, 3.05) is 41.0 Å². The van der Waals surface area contributed by atoms with Crippen LogP contribution in [0.5, 0.6) is 0 Å². The topological polar surface area (TPSA) is 102 Å². The molecule has 8 nitrogen and oxygen atoms in total. The normalized spacial score (nSPS) is 13.9. The first kappa shape index (κ1) is 57.0. The molecule has 0 saturated heterocycles. The molecule has 0 N–H and O–H groups in total. The number of allylic oxidation sites excluding steroid dienone is 18. The molecular formula is C53H85NO7. The van der Waals surface area contributed by atoms with Gasteiger partial charge in [0, 0.05) is 19.3 Å². The summed E-state index contributed by atoms with van der Waals surface area (Å²) in [6.07, 6.45) is 58.3. The lowest BCUT2D eigenvalue weighted by molar-refractivity contribution is -0.889. The summed E-state index contributed by atoms with van der Waals surface area (Å²) in [5.74, 6) is -1.85. The van der Waals surface area contributed by atoms with Gasteiger partial charge in [0.2, 0.25) is 0 Å². The van der Waals surface area contributed by atoms with Crippen molar-refractivity contribution in [2.24, 2.45) is 0 Å². The van der Waals surface area contributed by atoms with Gasteiger partial charge in [0.25, 0.3) is 0 Å². The summed E-state index contributed by atoms with van der Waals surface area (Å²) < 4.78 is 17.1. The van der Waals surface area contributed by atoms with Gasteiger partial charge in [-0.1, -0.05) is 142 Å². The molecule has 0 aromatic heterocycles. The van der Waals surface area contributed by atoms with Crippen molar-refractivity contribution >= 4 is 17.9 Å². The van der Waals surface area contributed by atoms with Crippen LogP contribution in [0.15, 0.2) is 109 Å². The minimum atomic E-state index is -1.14. The fraction of sp³-hybridized carbons (Fsp3) is 0.604. The highest BCUT2D eigenvalue weighted by Crippen LogP contribution is 2.11. The zero-order valence-corrected chi connectivity index (χ0v) is 39.0. The molecule has 0 amide bonds. The summed E-state index contributed by atoms with van der Waals surface area (Å²) in [4.78, 5) is 36.9. The Morgan fingerprint density at radius 1 is 0.508 bits per heavy atom. The van der Waals surface area contributed by atoms with Crippen molar-refractivity contribution in [2.45, 2.75) is 167 Å². The van der Waals surface area contributed by atoms with Crippen LogP contribution in [-0.4, -0.2) is 75.5 Å². The first-order chi connectivity index (χ1) is 29.6. The molecule has 0 heterocycles. The quantitative estimate of drug-likeness (QED) is 0.0262. The molecule has 2 unspecified atom stereocenters. The molecule has 0 aromatic rings. The molecule has 2 atom stereocenters. The SMILES string of the molecule is CC/C=C/C/C=C/C/C=C/C/C=C/CCCCCC(=O)OC(COCCC(C(=O)[O-])[N+](C)(C)C)COC(=O)CCCC/C=C/C/C=C/C/C=C/C/C=C/C/C=C/CCCCC. The number of quaternary nitrogens is 1. The van der Waals surface area contributed by atoms with Crippen LogP contribution < -0.4 is 5.11 Å². The van der Waals surface area contributed by atoms with E-state index < -0.39 is 18.1 Å². The maximum atomic E-state index is 12.7. The number of carboxylic acids is 1. The van der Waals surface area contributed by atoms with Crippen LogP contribution >= 0.6 is 0 Å². The fourth-order valence-electron chi connectivity index (χ4n) is 6.02. The van der Waals surface area contributed by atoms with Gasteiger partial charge in [0.1, 0.15) is 12.6 Å². The first-order valence-electron chi connectivity index (χ1n) is 23.4. The van der Waals surface area contributed by atoms with Gasteiger partial charge < -0.3 is 28.6 Å². The highest BCUT2D eigenvalue weighted by atomic mass is 16.6. The molecule has 61 heavy (non-hydrogen) atoms. The van der Waals surface area contributed by atoms with Crippen LogP contribution in [-0.2, 0) is 28.6 Å². The number of unbranched alkanes of at least 4 members (excludes halogenated alkanes) is 8. The smallest absolute Gasteiger partial charge is 0.306 e. The first-order valence-corrected chi connectivity index (χ1v) is 23.4. The molecule has 0 bridgehead atoms. The van der Waals surface area contributed by atoms with E-state index in [-0.39, 0.29) is 55.5 Å². The second-order valence-corrected chi connectivity index (χ2v) is 16.3. The Hall–Kier alpha value is -4.01. The zero-order chi connectivity index (χ0) is 44.9. The largest absolute Gasteiger partial charge is 0.544 e. The van der Waals surface area contributed by atoms with E-state index in [2.05, 4.69) is 123 Å². The Labute approximate surface area is 372 Å². The summed E-state index contributed by atoms with van der Waals surface area (Å²) in [6, 6.07) is -0.746. The van der Waals surface area contributed by atoms with Gasteiger partial charge >= 0.3 is 11.9 Å². The minimum Gasteiger partial charge on any atom is -0.544 e. The molecule has 0 spiro atoms. The van der Waals surface area contributed by atoms with E-state index in [0.29, 0.717) is 12.8 Å². The van der Waals surface area contributed by atoms with Crippen LogP contribution in [0.4, 0.5) is 0 Å². The van der Waals surface area contributed by atoms with E-state index in [9.17, 15) is 19.5 Å². The molecule has 344 valence electrons. The predicted molar refractivity (Wildman–Crippen MR) is 254 cm³/mol. The van der Waals surface area contributed by atoms with Gasteiger partial charge in [-0.05, 0) is 103 Å². The van der Waals surface area contributed by atoms with Crippen molar-refractivity contribution < 1.29 is 38.2 Å². The van der Waals surface area contributed by atoms with Crippen molar-refractivity contribution in [1.29, 1.82) is 0 Å². The van der Waals surface area contributed by atoms with Gasteiger partial charge in [-0.15, -0.1) is 0 Å². The molecule has 0 aliphatic carbocycles. The van der Waals surface area contributed by atoms with Crippen molar-refractivity contribution in [1.82, 2.24) is 0 Å². The third-order valence-corrected chi connectivity index (χ3v) is 9.64. The lowest BCUT2D eigenvalue weighted by Gasteiger charge is -2.34. The third kappa shape index (κ3) is 41.1. The second-order valence-electron chi connectivity index (χ2n) is 16.3. The number of aliphatic carboxylic acids is 1. The maximum absolute atomic E-state index is 12.7. The van der Waals surface area contributed by atoms with Gasteiger partial charge in [0.15, 0.2) is 6.10 Å². The molecule has 0 aliphatic heterocycles. The van der Waals surface area contributed by atoms with E-state index in [4.69, 9.17) is 14.2 Å². The molecule has 0 rings (SSSR count). The van der Waals surface area contributed by atoms with E-state index in [1.807, 2.05) is 0 Å². The summed E-state index contributed by atoms with van der Waals surface area (Å²) >= 11 is 0. The van der Waals surface area contributed by atoms with E-state index in [0.717, 1.165) is 83.5 Å². The molecule has 0 aliphatic rings. The zero-order valence-electron chi connectivity index (χ0n) is 39.0. The number of likely N-dealkylation sites (N-methyl/N-ethyl adjacent to an activating group) is 1. The van der Waals surface area contributed by atoms with Crippen LogP contribution in [0.2, 0.25) is 0 Å². The Balaban J connectivity index is 4.47. The Morgan fingerprint density at radius 2 is 0.918 bits per heavy atom. The second kappa shape index (κ2) is 42.7. The number of nitrogens with zero attached hydrogens (tertiary/aromatic N) is 1. The van der Waals surface area contributed by atoms with Crippen LogP contribution in [0.1, 0.15) is 155 Å². The monoisotopic (exact) mass is 848 g/mol. The van der Waals surface area contributed by atoms with Crippen molar-refractivity contribution in [3.63, 3.8) is 0 Å². The van der Waals surface area contributed by atoms with Gasteiger partial charge in [-0.3, -0.25) is 9.59 Å². The Kier molecular flexibility index (Phi) is 39.9. The number of rotatable bonds is 40. The van der Waals surface area contributed by atoms with Crippen LogP contribution in [0.3, 0.4) is 0 Å². The fourth-order valence-corrected chi connectivity index (χ4v) is 6.02. The highest BCUT2D eigenvalue weighted by Gasteiger charge is 2.25. The van der Waals surface area contributed by atoms with Gasteiger partial charge in [-0.2, -0.15) is 0 Å². The number of carbonyl (C=O) groups excluding carboxylic acids is 3. The Morgan fingerprint density at radius 3 is 1.36 bits per heavy atom. The summed E-state index contributed by atoms with van der Waals surface area (Å²) in [7, 11) is 5.37. The van der Waals surface area contributed by atoms with Crippen molar-refractivity contribution in [3.8, 4) is 0 Å². The number of carbonyl (C=O) groups is 3. The Bertz CT molecular complexity index is 1360. The average molecular weight is 848 g/mol. The maximum Gasteiger partial charge on any atom is 0.306 e. The van der Waals surface area contributed by atoms with E-state index in [1.165, 1.54) is 25.7 Å². The molecule has 0 saturated carbocycles. The number of hydrogen-bond donors (Lipinski definition) is 0. The average Bonchev–Trinajstić information content (AvgIpc) is 3.22. The van der Waals surface area contributed by atoms with Crippen LogP contribution in [0, 0.1) is 0 Å². The summed E-state index contributed by atoms with van der Waals surface area (Å²) in [6.45, 7) is 4.41. The lowest BCUT2D eigenvalue weighted by atomic mass is 10.1. The van der Waals surface area contributed by atoms with E-state index >= 15 is 0 Å². The van der Waals surface area contributed by atoms with Crippen LogP contribution in [0.25, 0.3) is 0 Å². The molecule has 0 fully saturated rings. The summed E-state index contributed by atoms with van der Waals surface area (Å²) in [5, 5.41) is 11.6.